The van der Waals surface area contributed by atoms with E-state index in [2.05, 4.69) is 0 Å². The fourth-order valence-electron chi connectivity index (χ4n) is 1.51. The Bertz CT molecular complexity index is 436. The Kier molecular flexibility index (Phi) is 2.79. The number of aryl methyl sites for hydroxylation is 1. The Labute approximate surface area is 86.4 Å². The van der Waals surface area contributed by atoms with Crippen LogP contribution in [0.4, 0.5) is 4.39 Å². The van der Waals surface area contributed by atoms with E-state index in [0.29, 0.717) is 6.54 Å². The molecule has 1 heterocycles. The molecular formula is C11H12FNS. The first-order valence-electron chi connectivity index (χ1n) is 4.67. The van der Waals surface area contributed by atoms with Gasteiger partial charge in [0.25, 0.3) is 0 Å². The van der Waals surface area contributed by atoms with E-state index in [1.807, 2.05) is 17.5 Å². The van der Waals surface area contributed by atoms with Crippen molar-refractivity contribution in [2.24, 2.45) is 5.73 Å². The van der Waals surface area contributed by atoms with Gasteiger partial charge < -0.3 is 5.73 Å². The predicted octanol–water partition coefficient (Wildman–Crippen LogP) is 2.93. The topological polar surface area (TPSA) is 26.0 Å². The lowest BCUT2D eigenvalue weighted by Crippen LogP contribution is -2.01. The Hall–Kier alpha value is -0.930. The van der Waals surface area contributed by atoms with Crippen LogP contribution in [0.25, 0.3) is 10.1 Å². The molecule has 74 valence electrons. The summed E-state index contributed by atoms with van der Waals surface area (Å²) >= 11 is 1.65. The first-order valence-corrected chi connectivity index (χ1v) is 5.55. The molecule has 1 aromatic heterocycles. The smallest absolute Gasteiger partial charge is 0.127 e. The van der Waals surface area contributed by atoms with E-state index in [1.54, 1.807) is 17.4 Å². The molecule has 0 atom stereocenters. The first kappa shape index (κ1) is 9.62. The van der Waals surface area contributed by atoms with Crippen LogP contribution in [0.3, 0.4) is 0 Å². The molecule has 1 nitrogen and oxygen atoms in total. The molecular weight excluding hydrogens is 197 g/mol. The number of rotatable bonds is 3. The van der Waals surface area contributed by atoms with Gasteiger partial charge in [-0.1, -0.05) is 0 Å². The summed E-state index contributed by atoms with van der Waals surface area (Å²) in [6.07, 6.45) is 1.57. The number of hydrogen-bond donors (Lipinski definition) is 1. The van der Waals surface area contributed by atoms with Crippen molar-refractivity contribution in [2.75, 3.05) is 6.54 Å². The normalized spacial score (nSPS) is 11.0. The monoisotopic (exact) mass is 209 g/mol. The molecule has 0 fully saturated rings. The molecule has 0 saturated carbocycles. The predicted molar refractivity (Wildman–Crippen MR) is 59.2 cm³/mol. The highest BCUT2D eigenvalue weighted by atomic mass is 32.1. The number of fused-ring (bicyclic) bond motifs is 1. The third kappa shape index (κ3) is 1.79. The lowest BCUT2D eigenvalue weighted by atomic mass is 10.1. The van der Waals surface area contributed by atoms with Crippen molar-refractivity contribution >= 4 is 21.4 Å². The van der Waals surface area contributed by atoms with Gasteiger partial charge in [-0.2, -0.15) is 0 Å². The van der Waals surface area contributed by atoms with Gasteiger partial charge in [0.2, 0.25) is 0 Å². The fourth-order valence-corrected chi connectivity index (χ4v) is 2.34. The Balaban J connectivity index is 2.38. The number of nitrogens with two attached hydrogens (primary N) is 1. The molecule has 0 unspecified atom stereocenters. The second-order valence-corrected chi connectivity index (χ2v) is 4.24. The van der Waals surface area contributed by atoms with Crippen LogP contribution >= 0.6 is 11.3 Å². The molecule has 2 aromatic rings. The van der Waals surface area contributed by atoms with E-state index in [1.165, 1.54) is 0 Å². The molecule has 0 amide bonds. The van der Waals surface area contributed by atoms with Gasteiger partial charge in [0.15, 0.2) is 0 Å². The third-order valence-electron chi connectivity index (χ3n) is 2.27. The molecule has 0 aliphatic heterocycles. The van der Waals surface area contributed by atoms with Crippen LogP contribution in [0.2, 0.25) is 0 Å². The third-order valence-corrected chi connectivity index (χ3v) is 3.15. The Morgan fingerprint density at radius 1 is 1.36 bits per heavy atom. The van der Waals surface area contributed by atoms with Crippen molar-refractivity contribution in [3.05, 3.63) is 35.0 Å². The molecule has 0 aliphatic carbocycles. The Morgan fingerprint density at radius 2 is 2.21 bits per heavy atom. The van der Waals surface area contributed by atoms with Gasteiger partial charge in [0.05, 0.1) is 0 Å². The molecule has 14 heavy (non-hydrogen) atoms. The van der Waals surface area contributed by atoms with Crippen molar-refractivity contribution in [2.45, 2.75) is 12.8 Å². The second kappa shape index (κ2) is 4.07. The van der Waals surface area contributed by atoms with Crippen LogP contribution in [0.1, 0.15) is 12.0 Å². The molecule has 3 heteroatoms. The van der Waals surface area contributed by atoms with Gasteiger partial charge in [-0.3, -0.25) is 0 Å². The number of benzene rings is 1. The average Bonchev–Trinajstić information content (AvgIpc) is 2.61. The summed E-state index contributed by atoms with van der Waals surface area (Å²) in [5.41, 5.74) is 6.18. The van der Waals surface area contributed by atoms with Crippen LogP contribution in [0, 0.1) is 5.82 Å². The fraction of sp³-hybridized carbons (Fsp3) is 0.273. The number of hydrogen-bond acceptors (Lipinski definition) is 2. The van der Waals surface area contributed by atoms with E-state index in [0.717, 1.165) is 28.5 Å². The van der Waals surface area contributed by atoms with E-state index in [9.17, 15) is 4.39 Å². The summed E-state index contributed by atoms with van der Waals surface area (Å²) in [5, 5.41) is 2.97. The SMILES string of the molecule is NCCCc1cc2sccc2cc1F. The number of halogens is 1. The van der Waals surface area contributed by atoms with Crippen molar-refractivity contribution in [1.29, 1.82) is 0 Å². The van der Waals surface area contributed by atoms with Crippen molar-refractivity contribution < 1.29 is 4.39 Å². The molecule has 0 radical (unpaired) electrons. The van der Waals surface area contributed by atoms with Crippen LogP contribution < -0.4 is 5.73 Å². The summed E-state index contributed by atoms with van der Waals surface area (Å²) in [5.74, 6) is -0.107. The molecule has 1 aromatic carbocycles. The average molecular weight is 209 g/mol. The second-order valence-electron chi connectivity index (χ2n) is 3.29. The highest BCUT2D eigenvalue weighted by molar-refractivity contribution is 7.17. The van der Waals surface area contributed by atoms with Gasteiger partial charge in [0.1, 0.15) is 5.82 Å². The minimum absolute atomic E-state index is 0.107. The summed E-state index contributed by atoms with van der Waals surface area (Å²) in [6, 6.07) is 5.48. The summed E-state index contributed by atoms with van der Waals surface area (Å²) in [6.45, 7) is 0.613. The van der Waals surface area contributed by atoms with Gasteiger partial charge in [-0.25, -0.2) is 4.39 Å². The van der Waals surface area contributed by atoms with E-state index in [-0.39, 0.29) is 5.82 Å². The molecule has 0 aliphatic rings. The summed E-state index contributed by atoms with van der Waals surface area (Å²) in [7, 11) is 0. The summed E-state index contributed by atoms with van der Waals surface area (Å²) < 4.78 is 14.6. The van der Waals surface area contributed by atoms with E-state index < -0.39 is 0 Å². The van der Waals surface area contributed by atoms with Gasteiger partial charge in [-0.05, 0) is 53.9 Å². The van der Waals surface area contributed by atoms with Crippen LogP contribution in [0.5, 0.6) is 0 Å². The Morgan fingerprint density at radius 3 is 3.00 bits per heavy atom. The van der Waals surface area contributed by atoms with Crippen molar-refractivity contribution in [3.63, 3.8) is 0 Å². The van der Waals surface area contributed by atoms with Gasteiger partial charge in [0, 0.05) is 4.70 Å². The zero-order valence-electron chi connectivity index (χ0n) is 7.79. The van der Waals surface area contributed by atoms with Crippen molar-refractivity contribution in [3.8, 4) is 0 Å². The highest BCUT2D eigenvalue weighted by Gasteiger charge is 2.04. The zero-order chi connectivity index (χ0) is 9.97. The molecule has 2 N–H and O–H groups in total. The van der Waals surface area contributed by atoms with Crippen LogP contribution in [0.15, 0.2) is 23.6 Å². The van der Waals surface area contributed by atoms with Gasteiger partial charge in [-0.15, -0.1) is 11.3 Å². The maximum Gasteiger partial charge on any atom is 0.127 e. The lowest BCUT2D eigenvalue weighted by molar-refractivity contribution is 0.607. The van der Waals surface area contributed by atoms with Crippen LogP contribution in [-0.2, 0) is 6.42 Å². The molecule has 0 saturated heterocycles. The highest BCUT2D eigenvalue weighted by Crippen LogP contribution is 2.24. The first-order chi connectivity index (χ1) is 6.81. The largest absolute Gasteiger partial charge is 0.330 e. The quantitative estimate of drug-likeness (QED) is 0.826. The standard InChI is InChI=1S/C11H12FNS/c12-10-6-9-3-5-14-11(9)7-8(10)2-1-4-13/h3,5-7H,1-2,4,13H2. The van der Waals surface area contributed by atoms with Crippen molar-refractivity contribution in [1.82, 2.24) is 0 Å². The summed E-state index contributed by atoms with van der Waals surface area (Å²) in [4.78, 5) is 0. The lowest BCUT2D eigenvalue weighted by Gasteiger charge is -2.02. The molecule has 0 bridgehead atoms. The number of thiophene rings is 1. The maximum absolute atomic E-state index is 13.5. The maximum atomic E-state index is 13.5. The molecule has 2 rings (SSSR count). The van der Waals surface area contributed by atoms with Crippen LogP contribution in [-0.4, -0.2) is 6.54 Å². The minimum Gasteiger partial charge on any atom is -0.330 e. The van der Waals surface area contributed by atoms with Gasteiger partial charge >= 0.3 is 0 Å². The van der Waals surface area contributed by atoms with E-state index >= 15 is 0 Å². The zero-order valence-corrected chi connectivity index (χ0v) is 8.61. The van der Waals surface area contributed by atoms with E-state index in [4.69, 9.17) is 5.73 Å². The minimum atomic E-state index is -0.107. The molecule has 0 spiro atoms.